The van der Waals surface area contributed by atoms with Gasteiger partial charge in [-0.25, -0.2) is 4.99 Å². The lowest BCUT2D eigenvalue weighted by Gasteiger charge is -2.42. The van der Waals surface area contributed by atoms with E-state index in [0.717, 1.165) is 39.7 Å². The van der Waals surface area contributed by atoms with E-state index in [2.05, 4.69) is 131 Å². The van der Waals surface area contributed by atoms with Crippen LogP contribution in [0.3, 0.4) is 0 Å². The third kappa shape index (κ3) is 3.28. The zero-order chi connectivity index (χ0) is 22.2. The van der Waals surface area contributed by atoms with E-state index in [1.165, 1.54) is 5.57 Å². The van der Waals surface area contributed by atoms with E-state index in [-0.39, 0.29) is 6.17 Å². The summed E-state index contributed by atoms with van der Waals surface area (Å²) in [7, 11) is 0. The van der Waals surface area contributed by atoms with Crippen LogP contribution in [0.25, 0.3) is 5.70 Å². The van der Waals surface area contributed by atoms with E-state index >= 15 is 0 Å². The molecular formula is C29H24N4. The second kappa shape index (κ2) is 7.99. The SMILES string of the molecule is CC1=C(c2ccccc2)N(N(c2ccccc2)c2ccccc2)C2Nc3ccccc3N=C12. The molecule has 0 amide bonds. The number of para-hydroxylation sites is 4. The Labute approximate surface area is 194 Å². The Kier molecular flexibility index (Phi) is 4.69. The third-order valence-electron chi connectivity index (χ3n) is 6.17. The van der Waals surface area contributed by atoms with Crippen molar-refractivity contribution in [2.75, 3.05) is 10.3 Å². The van der Waals surface area contributed by atoms with Crippen molar-refractivity contribution in [1.82, 2.24) is 5.01 Å². The molecule has 6 rings (SSSR count). The summed E-state index contributed by atoms with van der Waals surface area (Å²) in [5.74, 6) is 0. The highest BCUT2D eigenvalue weighted by Crippen LogP contribution is 2.44. The summed E-state index contributed by atoms with van der Waals surface area (Å²) in [5.41, 5.74) is 8.72. The number of anilines is 3. The molecule has 0 aromatic heterocycles. The van der Waals surface area contributed by atoms with E-state index in [0.29, 0.717) is 0 Å². The maximum Gasteiger partial charge on any atom is 0.163 e. The fraction of sp³-hybridized carbons (Fsp3) is 0.0690. The lowest BCUT2D eigenvalue weighted by Crippen LogP contribution is -2.49. The van der Waals surface area contributed by atoms with Gasteiger partial charge in [0, 0.05) is 11.1 Å². The van der Waals surface area contributed by atoms with Gasteiger partial charge in [-0.05, 0) is 43.3 Å². The molecule has 160 valence electrons. The number of hydrogen-bond donors (Lipinski definition) is 1. The van der Waals surface area contributed by atoms with E-state index in [9.17, 15) is 0 Å². The van der Waals surface area contributed by atoms with Crippen LogP contribution in [0.4, 0.5) is 22.7 Å². The third-order valence-corrected chi connectivity index (χ3v) is 6.17. The number of aliphatic imine (C=N–C) groups is 1. The first-order chi connectivity index (χ1) is 16.3. The van der Waals surface area contributed by atoms with E-state index in [4.69, 9.17) is 4.99 Å². The van der Waals surface area contributed by atoms with Crippen LogP contribution in [0.5, 0.6) is 0 Å². The summed E-state index contributed by atoms with van der Waals surface area (Å²) in [6.07, 6.45) is -0.129. The van der Waals surface area contributed by atoms with Crippen LogP contribution in [-0.4, -0.2) is 16.9 Å². The normalized spacial score (nSPS) is 16.6. The Hall–Kier alpha value is -4.31. The lowest BCUT2D eigenvalue weighted by atomic mass is 10.1. The zero-order valence-electron chi connectivity index (χ0n) is 18.4. The van der Waals surface area contributed by atoms with Crippen molar-refractivity contribution < 1.29 is 0 Å². The van der Waals surface area contributed by atoms with Gasteiger partial charge in [0.05, 0.1) is 34.2 Å². The van der Waals surface area contributed by atoms with Crippen molar-refractivity contribution in [3.8, 4) is 0 Å². The predicted octanol–water partition coefficient (Wildman–Crippen LogP) is 7.01. The average molecular weight is 429 g/mol. The fourth-order valence-corrected chi connectivity index (χ4v) is 4.68. The topological polar surface area (TPSA) is 30.9 Å². The first kappa shape index (κ1) is 19.4. The number of rotatable bonds is 4. The molecular weight excluding hydrogens is 404 g/mol. The highest BCUT2D eigenvalue weighted by molar-refractivity contribution is 6.17. The van der Waals surface area contributed by atoms with E-state index in [1.807, 2.05) is 6.07 Å². The van der Waals surface area contributed by atoms with Gasteiger partial charge in [-0.3, -0.25) is 10.0 Å². The Balaban J connectivity index is 1.60. The fourth-order valence-electron chi connectivity index (χ4n) is 4.68. The minimum absolute atomic E-state index is 0.129. The standard InChI is InChI=1S/C29H24N4/c1-21-27-29(31-26-20-12-11-19-25(26)30-27)33(28(21)22-13-5-2-6-14-22)32(23-15-7-3-8-16-23)24-17-9-4-10-18-24/h2-20,29,31H,1H3. The van der Waals surface area contributed by atoms with Gasteiger partial charge in [-0.2, -0.15) is 0 Å². The number of hydrazine groups is 1. The number of nitrogens with zero attached hydrogens (tertiary/aromatic N) is 3. The molecule has 4 aromatic rings. The Bertz CT molecular complexity index is 1300. The molecule has 1 atom stereocenters. The average Bonchev–Trinajstić information content (AvgIpc) is 3.16. The number of benzene rings is 4. The van der Waals surface area contributed by atoms with Crippen molar-refractivity contribution in [3.05, 3.63) is 126 Å². The molecule has 0 aliphatic carbocycles. The van der Waals surface area contributed by atoms with Crippen LogP contribution < -0.4 is 10.3 Å². The quantitative estimate of drug-likeness (QED) is 0.379. The molecule has 1 unspecified atom stereocenters. The molecule has 2 heterocycles. The van der Waals surface area contributed by atoms with Gasteiger partial charge < -0.3 is 5.32 Å². The van der Waals surface area contributed by atoms with Gasteiger partial charge in [0.15, 0.2) is 6.17 Å². The molecule has 1 N–H and O–H groups in total. The Morgan fingerprint density at radius 2 is 1.24 bits per heavy atom. The van der Waals surface area contributed by atoms with Crippen LogP contribution in [0.15, 0.2) is 126 Å². The first-order valence-corrected chi connectivity index (χ1v) is 11.2. The highest BCUT2D eigenvalue weighted by atomic mass is 15.7. The molecule has 2 aliphatic rings. The number of nitrogens with one attached hydrogen (secondary N) is 1. The van der Waals surface area contributed by atoms with Crippen molar-refractivity contribution in [3.63, 3.8) is 0 Å². The van der Waals surface area contributed by atoms with Crippen molar-refractivity contribution >= 4 is 34.2 Å². The second-order valence-corrected chi connectivity index (χ2v) is 8.23. The first-order valence-electron chi connectivity index (χ1n) is 11.2. The number of fused-ring (bicyclic) bond motifs is 2. The summed E-state index contributed by atoms with van der Waals surface area (Å²) in [5, 5.41) is 8.41. The second-order valence-electron chi connectivity index (χ2n) is 8.23. The van der Waals surface area contributed by atoms with Crippen molar-refractivity contribution in [1.29, 1.82) is 0 Å². The Morgan fingerprint density at radius 3 is 1.88 bits per heavy atom. The molecule has 0 saturated heterocycles. The van der Waals surface area contributed by atoms with Crippen molar-refractivity contribution in [2.45, 2.75) is 13.1 Å². The minimum Gasteiger partial charge on any atom is -0.357 e. The monoisotopic (exact) mass is 428 g/mol. The molecule has 0 saturated carbocycles. The summed E-state index contributed by atoms with van der Waals surface area (Å²) >= 11 is 0. The maximum absolute atomic E-state index is 5.11. The van der Waals surface area contributed by atoms with Crippen LogP contribution in [0, 0.1) is 0 Å². The summed E-state index contributed by atoms with van der Waals surface area (Å²) in [6, 6.07) is 39.9. The summed E-state index contributed by atoms with van der Waals surface area (Å²) in [4.78, 5) is 5.11. The van der Waals surface area contributed by atoms with Crippen LogP contribution in [0.2, 0.25) is 0 Å². The van der Waals surface area contributed by atoms with Crippen LogP contribution in [0.1, 0.15) is 12.5 Å². The van der Waals surface area contributed by atoms with Gasteiger partial charge in [0.2, 0.25) is 0 Å². The van der Waals surface area contributed by atoms with E-state index < -0.39 is 0 Å². The van der Waals surface area contributed by atoms with Gasteiger partial charge in [-0.1, -0.05) is 78.9 Å². The summed E-state index contributed by atoms with van der Waals surface area (Å²) < 4.78 is 0. The molecule has 0 bridgehead atoms. The molecule has 0 radical (unpaired) electrons. The van der Waals surface area contributed by atoms with E-state index in [1.54, 1.807) is 0 Å². The lowest BCUT2D eigenvalue weighted by molar-refractivity contribution is 0.396. The molecule has 0 spiro atoms. The molecule has 33 heavy (non-hydrogen) atoms. The smallest absolute Gasteiger partial charge is 0.163 e. The molecule has 0 fully saturated rings. The summed E-state index contributed by atoms with van der Waals surface area (Å²) in [6.45, 7) is 2.18. The maximum atomic E-state index is 5.11. The zero-order valence-corrected chi connectivity index (χ0v) is 18.4. The van der Waals surface area contributed by atoms with Crippen molar-refractivity contribution in [2.24, 2.45) is 4.99 Å². The highest BCUT2D eigenvalue weighted by Gasteiger charge is 2.42. The molecule has 2 aliphatic heterocycles. The van der Waals surface area contributed by atoms with Gasteiger partial charge in [0.1, 0.15) is 0 Å². The predicted molar refractivity (Wildman–Crippen MR) is 137 cm³/mol. The minimum atomic E-state index is -0.129. The largest absolute Gasteiger partial charge is 0.357 e. The van der Waals surface area contributed by atoms with Gasteiger partial charge in [-0.15, -0.1) is 0 Å². The number of hydrogen-bond acceptors (Lipinski definition) is 4. The molecule has 4 heteroatoms. The molecule has 4 nitrogen and oxygen atoms in total. The van der Waals surface area contributed by atoms with Crippen LogP contribution in [-0.2, 0) is 0 Å². The van der Waals surface area contributed by atoms with Gasteiger partial charge in [0.25, 0.3) is 0 Å². The molecule has 4 aromatic carbocycles. The van der Waals surface area contributed by atoms with Crippen LogP contribution >= 0.6 is 0 Å². The Morgan fingerprint density at radius 1 is 0.697 bits per heavy atom. The van der Waals surface area contributed by atoms with Gasteiger partial charge >= 0.3 is 0 Å².